The van der Waals surface area contributed by atoms with Crippen LogP contribution in [0.25, 0.3) is 10.9 Å². The molecule has 0 aliphatic heterocycles. The second-order valence-corrected chi connectivity index (χ2v) is 7.57. The third-order valence-electron chi connectivity index (χ3n) is 2.73. The normalized spacial score (nSPS) is 12.6. The smallest absolute Gasteiger partial charge is 0.360 e. The molecule has 114 valence electrons. The standard InChI is InChI=1S/C14H17NO5S/c1-14(2,3)20-13(17)11-12(16)9-7-5-6-8-10(9)15(11)21(4,18)19/h5-8,16H,1-4H3. The molecule has 2 rings (SSSR count). The van der Waals surface area contributed by atoms with Gasteiger partial charge in [0.15, 0.2) is 11.4 Å². The van der Waals surface area contributed by atoms with Crippen molar-refractivity contribution >= 4 is 26.9 Å². The van der Waals surface area contributed by atoms with Crippen LogP contribution in [0.5, 0.6) is 5.75 Å². The molecule has 6 nitrogen and oxygen atoms in total. The van der Waals surface area contributed by atoms with E-state index in [9.17, 15) is 18.3 Å². The van der Waals surface area contributed by atoms with Crippen LogP contribution in [0.4, 0.5) is 0 Å². The lowest BCUT2D eigenvalue weighted by Crippen LogP contribution is -2.27. The Labute approximate surface area is 123 Å². The summed E-state index contributed by atoms with van der Waals surface area (Å²) >= 11 is 0. The molecule has 1 aromatic carbocycles. The molecule has 7 heteroatoms. The first-order valence-corrected chi connectivity index (χ1v) is 8.13. The highest BCUT2D eigenvalue weighted by Gasteiger charge is 2.30. The van der Waals surface area contributed by atoms with Crippen molar-refractivity contribution in [2.45, 2.75) is 26.4 Å². The maximum absolute atomic E-state index is 12.3. The third kappa shape index (κ3) is 2.87. The van der Waals surface area contributed by atoms with Crippen molar-refractivity contribution in [3.8, 4) is 5.75 Å². The minimum absolute atomic E-state index is 0.235. The molecule has 0 aliphatic carbocycles. The number of benzene rings is 1. The molecule has 2 aromatic rings. The Kier molecular flexibility index (Phi) is 3.49. The number of para-hydroxylation sites is 1. The van der Waals surface area contributed by atoms with E-state index >= 15 is 0 Å². The summed E-state index contributed by atoms with van der Waals surface area (Å²) in [6.07, 6.45) is 0.965. The van der Waals surface area contributed by atoms with Crippen LogP contribution in [0.3, 0.4) is 0 Å². The number of carbonyl (C=O) groups is 1. The molecule has 0 radical (unpaired) electrons. The number of ether oxygens (including phenoxy) is 1. The Morgan fingerprint density at radius 1 is 1.24 bits per heavy atom. The quantitative estimate of drug-likeness (QED) is 0.859. The zero-order chi connectivity index (χ0) is 16.0. The molecular weight excluding hydrogens is 294 g/mol. The number of hydrogen-bond donors (Lipinski definition) is 1. The second-order valence-electron chi connectivity index (χ2n) is 5.74. The zero-order valence-corrected chi connectivity index (χ0v) is 13.1. The molecule has 1 heterocycles. The van der Waals surface area contributed by atoms with Crippen molar-refractivity contribution < 1.29 is 23.1 Å². The molecule has 0 unspecified atom stereocenters. The zero-order valence-electron chi connectivity index (χ0n) is 12.2. The van der Waals surface area contributed by atoms with E-state index in [0.717, 1.165) is 10.2 Å². The molecule has 0 spiro atoms. The Morgan fingerprint density at radius 3 is 2.33 bits per heavy atom. The number of fused-ring (bicyclic) bond motifs is 1. The molecule has 0 atom stereocenters. The fourth-order valence-electron chi connectivity index (χ4n) is 2.05. The number of aromatic nitrogens is 1. The van der Waals surface area contributed by atoms with Crippen LogP contribution in [-0.4, -0.2) is 35.3 Å². The Morgan fingerprint density at radius 2 is 1.81 bits per heavy atom. The molecule has 1 N–H and O–H groups in total. The Balaban J connectivity index is 2.79. The summed E-state index contributed by atoms with van der Waals surface area (Å²) in [5.41, 5.74) is -0.950. The van der Waals surface area contributed by atoms with E-state index in [1.165, 1.54) is 6.07 Å². The van der Waals surface area contributed by atoms with Gasteiger partial charge < -0.3 is 9.84 Å². The molecule has 0 aliphatic rings. The molecular formula is C14H17NO5S. The second kappa shape index (κ2) is 4.77. The average Bonchev–Trinajstić information content (AvgIpc) is 2.61. The van der Waals surface area contributed by atoms with Crippen molar-refractivity contribution in [1.82, 2.24) is 3.97 Å². The van der Waals surface area contributed by atoms with E-state index in [1.54, 1.807) is 39.0 Å². The molecule has 0 bridgehead atoms. The lowest BCUT2D eigenvalue weighted by molar-refractivity contribution is 0.00592. The van der Waals surface area contributed by atoms with Gasteiger partial charge in [-0.05, 0) is 32.9 Å². The number of aromatic hydroxyl groups is 1. The van der Waals surface area contributed by atoms with Gasteiger partial charge in [-0.3, -0.25) is 0 Å². The first-order chi connectivity index (χ1) is 9.52. The van der Waals surface area contributed by atoms with Crippen LogP contribution in [0.2, 0.25) is 0 Å². The van der Waals surface area contributed by atoms with Crippen molar-refractivity contribution in [1.29, 1.82) is 0 Å². The molecule has 0 amide bonds. The summed E-state index contributed by atoms with van der Waals surface area (Å²) in [4.78, 5) is 12.3. The fourth-order valence-corrected chi connectivity index (χ4v) is 3.05. The van der Waals surface area contributed by atoms with Crippen molar-refractivity contribution in [2.24, 2.45) is 0 Å². The first-order valence-electron chi connectivity index (χ1n) is 6.28. The molecule has 0 saturated heterocycles. The van der Waals surface area contributed by atoms with Gasteiger partial charge in [-0.1, -0.05) is 12.1 Å². The summed E-state index contributed by atoms with van der Waals surface area (Å²) in [5.74, 6) is -1.29. The van der Waals surface area contributed by atoms with E-state index < -0.39 is 27.3 Å². The molecule has 0 fully saturated rings. The van der Waals surface area contributed by atoms with Gasteiger partial charge in [0.2, 0.25) is 10.0 Å². The van der Waals surface area contributed by atoms with Crippen molar-refractivity contribution in [3.05, 3.63) is 30.0 Å². The van der Waals surface area contributed by atoms with Crippen LogP contribution in [0.15, 0.2) is 24.3 Å². The first kappa shape index (κ1) is 15.4. The highest BCUT2D eigenvalue weighted by Crippen LogP contribution is 2.34. The van der Waals surface area contributed by atoms with E-state index in [1.807, 2.05) is 0 Å². The number of esters is 1. The van der Waals surface area contributed by atoms with Crippen LogP contribution < -0.4 is 0 Å². The highest BCUT2D eigenvalue weighted by atomic mass is 32.2. The van der Waals surface area contributed by atoms with Crippen LogP contribution in [0, 0.1) is 0 Å². The number of hydrogen-bond acceptors (Lipinski definition) is 5. The van der Waals surface area contributed by atoms with Gasteiger partial charge in [0.25, 0.3) is 0 Å². The molecule has 21 heavy (non-hydrogen) atoms. The summed E-state index contributed by atoms with van der Waals surface area (Å²) in [7, 11) is -3.78. The largest absolute Gasteiger partial charge is 0.505 e. The fraction of sp³-hybridized carbons (Fsp3) is 0.357. The predicted molar refractivity (Wildman–Crippen MR) is 79.0 cm³/mol. The molecule has 1 aromatic heterocycles. The number of nitrogens with zero attached hydrogens (tertiary/aromatic N) is 1. The van der Waals surface area contributed by atoms with Gasteiger partial charge in [0.05, 0.1) is 11.8 Å². The lowest BCUT2D eigenvalue weighted by Gasteiger charge is -2.20. The highest BCUT2D eigenvalue weighted by molar-refractivity contribution is 7.89. The van der Waals surface area contributed by atoms with Gasteiger partial charge in [-0.25, -0.2) is 17.2 Å². The van der Waals surface area contributed by atoms with Crippen LogP contribution >= 0.6 is 0 Å². The van der Waals surface area contributed by atoms with Gasteiger partial charge in [0.1, 0.15) is 5.60 Å². The summed E-state index contributed by atoms with van der Waals surface area (Å²) in [6, 6.07) is 6.33. The van der Waals surface area contributed by atoms with Crippen molar-refractivity contribution in [3.63, 3.8) is 0 Å². The van der Waals surface area contributed by atoms with E-state index in [-0.39, 0.29) is 16.6 Å². The lowest BCUT2D eigenvalue weighted by atomic mass is 10.2. The SMILES string of the molecule is CC(C)(C)OC(=O)c1c(O)c2ccccc2n1S(C)(=O)=O. The molecule has 0 saturated carbocycles. The average molecular weight is 311 g/mol. The van der Waals surface area contributed by atoms with Crippen molar-refractivity contribution in [2.75, 3.05) is 6.26 Å². The van der Waals surface area contributed by atoms with E-state index in [4.69, 9.17) is 4.74 Å². The summed E-state index contributed by atoms with van der Waals surface area (Å²) in [5, 5.41) is 10.5. The van der Waals surface area contributed by atoms with Crippen LogP contribution in [0.1, 0.15) is 31.3 Å². The third-order valence-corrected chi connectivity index (χ3v) is 3.77. The van der Waals surface area contributed by atoms with Crippen LogP contribution in [-0.2, 0) is 14.8 Å². The predicted octanol–water partition coefficient (Wildman–Crippen LogP) is 2.11. The topological polar surface area (TPSA) is 85.6 Å². The van der Waals surface area contributed by atoms with E-state index in [0.29, 0.717) is 0 Å². The number of rotatable bonds is 2. The summed E-state index contributed by atoms with van der Waals surface area (Å²) < 4.78 is 30.0. The monoisotopic (exact) mass is 311 g/mol. The Bertz CT molecular complexity index is 812. The Hall–Kier alpha value is -2.02. The number of carbonyl (C=O) groups excluding carboxylic acids is 1. The van der Waals surface area contributed by atoms with Gasteiger partial charge in [-0.15, -0.1) is 0 Å². The minimum atomic E-state index is -3.78. The summed E-state index contributed by atoms with van der Waals surface area (Å²) in [6.45, 7) is 4.99. The minimum Gasteiger partial charge on any atom is -0.505 e. The van der Waals surface area contributed by atoms with Gasteiger partial charge in [-0.2, -0.15) is 0 Å². The maximum Gasteiger partial charge on any atom is 0.360 e. The van der Waals surface area contributed by atoms with E-state index in [2.05, 4.69) is 0 Å². The van der Waals surface area contributed by atoms with Gasteiger partial charge >= 0.3 is 5.97 Å². The van der Waals surface area contributed by atoms with Gasteiger partial charge in [0, 0.05) is 5.39 Å². The maximum atomic E-state index is 12.3.